The Morgan fingerprint density at radius 2 is 2.00 bits per heavy atom. The van der Waals surface area contributed by atoms with E-state index in [9.17, 15) is 9.59 Å². The number of nitrogens with one attached hydrogen (secondary N) is 2. The lowest BCUT2D eigenvalue weighted by Gasteiger charge is -2.19. The summed E-state index contributed by atoms with van der Waals surface area (Å²) in [5, 5.41) is 13.9. The van der Waals surface area contributed by atoms with Crippen LogP contribution in [0, 0.1) is 6.92 Å². The van der Waals surface area contributed by atoms with Gasteiger partial charge in [-0.25, -0.2) is 9.78 Å². The molecule has 0 aromatic carbocycles. The molecule has 1 aliphatic rings. The number of anilines is 1. The number of hydrogen-bond donors (Lipinski definition) is 2. The second kappa shape index (κ2) is 9.44. The van der Waals surface area contributed by atoms with Crippen LogP contribution in [0.15, 0.2) is 36.8 Å². The third-order valence-corrected chi connectivity index (χ3v) is 5.62. The topological polar surface area (TPSA) is 124 Å². The molecule has 10 heteroatoms. The summed E-state index contributed by atoms with van der Waals surface area (Å²) >= 11 is 0. The molecule has 1 fully saturated rings. The molecule has 0 bridgehead atoms. The molecule has 35 heavy (non-hydrogen) atoms. The second-order valence-electron chi connectivity index (χ2n) is 10.0. The lowest BCUT2D eigenvalue weighted by atomic mass is 10.1. The van der Waals surface area contributed by atoms with E-state index in [0.29, 0.717) is 17.3 Å². The van der Waals surface area contributed by atoms with Gasteiger partial charge in [0.1, 0.15) is 29.1 Å². The molecule has 2 unspecified atom stereocenters. The minimum Gasteiger partial charge on any atom is -0.444 e. The van der Waals surface area contributed by atoms with E-state index >= 15 is 0 Å². The molecule has 3 aromatic rings. The van der Waals surface area contributed by atoms with Gasteiger partial charge in [0.2, 0.25) is 0 Å². The summed E-state index contributed by atoms with van der Waals surface area (Å²) in [5.74, 6) is 0.772. The van der Waals surface area contributed by atoms with Crippen LogP contribution in [0.4, 0.5) is 10.6 Å². The number of aromatic nitrogens is 5. The minimum atomic E-state index is -0.553. The number of amides is 2. The monoisotopic (exact) mass is 477 g/mol. The first-order chi connectivity index (χ1) is 16.5. The predicted octanol–water partition coefficient (Wildman–Crippen LogP) is 4.26. The summed E-state index contributed by atoms with van der Waals surface area (Å²) in [4.78, 5) is 33.9. The van der Waals surface area contributed by atoms with Gasteiger partial charge in [0.25, 0.3) is 5.91 Å². The molecule has 2 N–H and O–H groups in total. The molecule has 1 aliphatic carbocycles. The number of alkyl carbamates (subject to hydrolysis) is 1. The van der Waals surface area contributed by atoms with Crippen molar-refractivity contribution in [2.45, 2.75) is 71.6 Å². The SMILES string of the molecule is Cc1cnc(C(=O)Nc2cccc(-c3nncn3C(C)C)n2)cc1C1CC1NC(=O)OC(C)(C)C. The van der Waals surface area contributed by atoms with Crippen molar-refractivity contribution in [3.8, 4) is 11.5 Å². The number of carbonyl (C=O) groups is 2. The Bertz CT molecular complexity index is 1250. The molecule has 3 heterocycles. The molecule has 2 amide bonds. The minimum absolute atomic E-state index is 0.0292. The number of aryl methyl sites for hydroxylation is 1. The molecule has 10 nitrogen and oxygen atoms in total. The molecule has 2 atom stereocenters. The van der Waals surface area contributed by atoms with E-state index in [2.05, 4.69) is 30.8 Å². The van der Waals surface area contributed by atoms with Gasteiger partial charge in [-0.15, -0.1) is 10.2 Å². The number of hydrogen-bond acceptors (Lipinski definition) is 7. The van der Waals surface area contributed by atoms with Crippen molar-refractivity contribution in [2.24, 2.45) is 0 Å². The fourth-order valence-corrected chi connectivity index (χ4v) is 3.83. The van der Waals surface area contributed by atoms with Crippen molar-refractivity contribution in [3.63, 3.8) is 0 Å². The zero-order valence-corrected chi connectivity index (χ0v) is 20.9. The third-order valence-electron chi connectivity index (χ3n) is 5.62. The van der Waals surface area contributed by atoms with Crippen LogP contribution in [0.3, 0.4) is 0 Å². The average Bonchev–Trinajstić information content (AvgIpc) is 3.32. The quantitative estimate of drug-likeness (QED) is 0.544. The van der Waals surface area contributed by atoms with Crippen molar-refractivity contribution in [3.05, 3.63) is 53.6 Å². The predicted molar refractivity (Wildman–Crippen MR) is 131 cm³/mol. The van der Waals surface area contributed by atoms with Crippen LogP contribution < -0.4 is 10.6 Å². The van der Waals surface area contributed by atoms with Gasteiger partial charge in [-0.05, 0) is 77.3 Å². The Morgan fingerprint density at radius 3 is 2.71 bits per heavy atom. The fourth-order valence-electron chi connectivity index (χ4n) is 3.83. The maximum atomic E-state index is 13.0. The highest BCUT2D eigenvalue weighted by Gasteiger charge is 2.41. The molecular formula is C25H31N7O3. The van der Waals surface area contributed by atoms with Gasteiger partial charge in [0.05, 0.1) is 0 Å². The smallest absolute Gasteiger partial charge is 0.407 e. The van der Waals surface area contributed by atoms with E-state index in [1.165, 1.54) is 0 Å². The molecule has 4 rings (SSSR count). The van der Waals surface area contributed by atoms with E-state index in [-0.39, 0.29) is 29.6 Å². The Morgan fingerprint density at radius 1 is 1.23 bits per heavy atom. The van der Waals surface area contributed by atoms with Crippen molar-refractivity contribution in [1.82, 2.24) is 30.0 Å². The van der Waals surface area contributed by atoms with E-state index in [4.69, 9.17) is 4.74 Å². The first-order valence-corrected chi connectivity index (χ1v) is 11.7. The average molecular weight is 478 g/mol. The molecule has 0 spiro atoms. The van der Waals surface area contributed by atoms with E-state index in [1.54, 1.807) is 24.7 Å². The van der Waals surface area contributed by atoms with Gasteiger partial charge in [-0.2, -0.15) is 0 Å². The molecule has 1 saturated carbocycles. The summed E-state index contributed by atoms with van der Waals surface area (Å²) in [7, 11) is 0. The number of rotatable bonds is 6. The highest BCUT2D eigenvalue weighted by atomic mass is 16.6. The molecule has 184 valence electrons. The van der Waals surface area contributed by atoms with Crippen LogP contribution in [-0.2, 0) is 4.74 Å². The second-order valence-corrected chi connectivity index (χ2v) is 10.0. The van der Waals surface area contributed by atoms with Gasteiger partial charge in [0.15, 0.2) is 5.82 Å². The van der Waals surface area contributed by atoms with Gasteiger partial charge < -0.3 is 19.9 Å². The molecular weight excluding hydrogens is 446 g/mol. The highest BCUT2D eigenvalue weighted by Crippen LogP contribution is 2.42. The van der Waals surface area contributed by atoms with Gasteiger partial charge in [-0.1, -0.05) is 6.07 Å². The Balaban J connectivity index is 1.46. The van der Waals surface area contributed by atoms with Crippen molar-refractivity contribution in [2.75, 3.05) is 5.32 Å². The zero-order valence-electron chi connectivity index (χ0n) is 20.9. The van der Waals surface area contributed by atoms with Crippen LogP contribution in [0.2, 0.25) is 0 Å². The Kier molecular flexibility index (Phi) is 6.56. The Hall–Kier alpha value is -3.82. The number of pyridine rings is 2. The van der Waals surface area contributed by atoms with E-state index in [1.807, 2.05) is 58.2 Å². The Labute approximate surface area is 204 Å². The van der Waals surface area contributed by atoms with Crippen molar-refractivity contribution < 1.29 is 14.3 Å². The van der Waals surface area contributed by atoms with Crippen molar-refractivity contribution in [1.29, 1.82) is 0 Å². The number of carbonyl (C=O) groups excluding carboxylic acids is 2. The molecule has 0 radical (unpaired) electrons. The summed E-state index contributed by atoms with van der Waals surface area (Å²) < 4.78 is 7.26. The molecule has 0 aliphatic heterocycles. The van der Waals surface area contributed by atoms with Crippen LogP contribution in [0.1, 0.15) is 74.6 Å². The maximum absolute atomic E-state index is 13.0. The molecule has 0 saturated heterocycles. The summed E-state index contributed by atoms with van der Waals surface area (Å²) in [6.45, 7) is 11.5. The van der Waals surface area contributed by atoms with E-state index < -0.39 is 11.7 Å². The third kappa shape index (κ3) is 5.82. The fraction of sp³-hybridized carbons (Fsp3) is 0.440. The summed E-state index contributed by atoms with van der Waals surface area (Å²) in [5.41, 5.74) is 2.29. The van der Waals surface area contributed by atoms with Gasteiger partial charge >= 0.3 is 6.09 Å². The van der Waals surface area contributed by atoms with Crippen molar-refractivity contribution >= 4 is 17.8 Å². The lowest BCUT2D eigenvalue weighted by molar-refractivity contribution is 0.0522. The normalized spacial score (nSPS) is 17.2. The first kappa shape index (κ1) is 24.3. The number of ether oxygens (including phenoxy) is 1. The van der Waals surface area contributed by atoms with Crippen LogP contribution in [0.25, 0.3) is 11.5 Å². The first-order valence-electron chi connectivity index (χ1n) is 11.7. The zero-order chi connectivity index (χ0) is 25.3. The summed E-state index contributed by atoms with van der Waals surface area (Å²) in [6.07, 6.45) is 3.69. The molecule has 3 aromatic heterocycles. The van der Waals surface area contributed by atoms with Crippen LogP contribution in [-0.4, -0.2) is 48.4 Å². The lowest BCUT2D eigenvalue weighted by Crippen LogP contribution is -2.34. The highest BCUT2D eigenvalue weighted by molar-refractivity contribution is 6.02. The summed E-state index contributed by atoms with van der Waals surface area (Å²) in [6, 6.07) is 7.28. The number of nitrogens with zero attached hydrogens (tertiary/aromatic N) is 5. The maximum Gasteiger partial charge on any atom is 0.407 e. The van der Waals surface area contributed by atoms with Gasteiger partial charge in [-0.3, -0.25) is 9.78 Å². The van der Waals surface area contributed by atoms with E-state index in [0.717, 1.165) is 17.5 Å². The van der Waals surface area contributed by atoms with Crippen LogP contribution in [0.5, 0.6) is 0 Å². The van der Waals surface area contributed by atoms with Crippen LogP contribution >= 0.6 is 0 Å². The largest absolute Gasteiger partial charge is 0.444 e. The standard InChI is InChI=1S/C25H31N7O3/c1-14(2)32-13-27-31-22(32)18-8-7-9-21(28-18)30-23(33)20-10-16(15(3)12-26-20)17-11-19(17)29-24(34)35-25(4,5)6/h7-10,12-14,17,19H,11H2,1-6H3,(H,29,34)(H,28,30,33). The van der Waals surface area contributed by atoms with Gasteiger partial charge in [0, 0.05) is 24.2 Å².